The van der Waals surface area contributed by atoms with E-state index in [1.165, 1.54) is 11.1 Å². The molecule has 0 heterocycles. The molecule has 0 bridgehead atoms. The van der Waals surface area contributed by atoms with Crippen LogP contribution in [0.2, 0.25) is 0 Å². The van der Waals surface area contributed by atoms with Crippen LogP contribution in [0.3, 0.4) is 0 Å². The van der Waals surface area contributed by atoms with Crippen molar-refractivity contribution in [1.82, 2.24) is 10.2 Å². The maximum absolute atomic E-state index is 5.49. The molecular weight excluding hydrogens is 354 g/mol. The van der Waals surface area contributed by atoms with E-state index < -0.39 is 0 Å². The Labute approximate surface area is 168 Å². The topological polar surface area (TPSA) is 55.3 Å². The van der Waals surface area contributed by atoms with Gasteiger partial charge in [-0.2, -0.15) is 0 Å². The first-order chi connectivity index (χ1) is 13.6. The van der Waals surface area contributed by atoms with Crippen molar-refractivity contribution in [2.24, 2.45) is 4.99 Å². The summed E-state index contributed by atoms with van der Waals surface area (Å²) in [5.74, 6) is 2.39. The highest BCUT2D eigenvalue weighted by atomic mass is 16.5. The Morgan fingerprint density at radius 2 is 1.75 bits per heavy atom. The largest absolute Gasteiger partial charge is 0.497 e. The zero-order valence-corrected chi connectivity index (χ0v) is 17.5. The van der Waals surface area contributed by atoms with Crippen LogP contribution in [-0.4, -0.2) is 45.8 Å². The van der Waals surface area contributed by atoms with Crippen LogP contribution in [0.4, 0.5) is 0 Å². The van der Waals surface area contributed by atoms with Crippen LogP contribution in [0.5, 0.6) is 11.5 Å². The maximum Gasteiger partial charge on any atom is 0.193 e. The Bertz CT molecular complexity index is 760. The van der Waals surface area contributed by atoms with E-state index in [4.69, 9.17) is 14.2 Å². The molecule has 0 aliphatic heterocycles. The molecule has 0 aliphatic rings. The number of ether oxygens (including phenoxy) is 3. The zero-order chi connectivity index (χ0) is 20.4. The van der Waals surface area contributed by atoms with Gasteiger partial charge in [0.05, 0.1) is 20.8 Å². The van der Waals surface area contributed by atoms with Gasteiger partial charge in [0.1, 0.15) is 11.5 Å². The third-order valence-corrected chi connectivity index (χ3v) is 4.42. The normalized spacial score (nSPS) is 11.2. The molecule has 2 aromatic rings. The minimum absolute atomic E-state index is 0.651. The predicted molar refractivity (Wildman–Crippen MR) is 113 cm³/mol. The van der Waals surface area contributed by atoms with Gasteiger partial charge in [-0.05, 0) is 30.2 Å². The molecule has 0 saturated carbocycles. The second kappa shape index (κ2) is 11.2. The molecule has 1 N–H and O–H groups in total. The Morgan fingerprint density at radius 1 is 1.04 bits per heavy atom. The molecule has 0 atom stereocenters. The minimum atomic E-state index is 0.651. The van der Waals surface area contributed by atoms with E-state index in [0.717, 1.165) is 29.6 Å². The molecular formula is C22H31N3O3. The van der Waals surface area contributed by atoms with Crippen LogP contribution in [0.1, 0.15) is 23.6 Å². The third-order valence-electron chi connectivity index (χ3n) is 4.42. The van der Waals surface area contributed by atoms with Crippen molar-refractivity contribution in [2.75, 3.05) is 34.9 Å². The van der Waals surface area contributed by atoms with Crippen molar-refractivity contribution >= 4 is 5.96 Å². The molecule has 0 fully saturated rings. The van der Waals surface area contributed by atoms with E-state index in [-0.39, 0.29) is 0 Å². The summed E-state index contributed by atoms with van der Waals surface area (Å²) in [7, 11) is 7.11. The Kier molecular flexibility index (Phi) is 8.62. The van der Waals surface area contributed by atoms with E-state index >= 15 is 0 Å². The molecule has 0 saturated heterocycles. The van der Waals surface area contributed by atoms with Crippen molar-refractivity contribution in [2.45, 2.75) is 26.6 Å². The van der Waals surface area contributed by atoms with Crippen molar-refractivity contribution in [3.63, 3.8) is 0 Å². The standard InChI is InChI=1S/C22H31N3O3/c1-6-28-16-18-9-7-17(8-10-18)14-24-22(23-2)25(3)15-19-11-12-20(26-4)13-21(19)27-5/h7-13H,6,14-16H2,1-5H3,(H,23,24). The number of nitrogens with zero attached hydrogens (tertiary/aromatic N) is 2. The third kappa shape index (κ3) is 6.16. The number of aliphatic imine (C=N–C) groups is 1. The molecule has 152 valence electrons. The first-order valence-corrected chi connectivity index (χ1v) is 9.39. The summed E-state index contributed by atoms with van der Waals surface area (Å²) in [6.07, 6.45) is 0. The highest BCUT2D eigenvalue weighted by Crippen LogP contribution is 2.25. The molecule has 0 radical (unpaired) electrons. The van der Waals surface area contributed by atoms with Gasteiger partial charge in [0.15, 0.2) is 5.96 Å². The number of benzene rings is 2. The summed E-state index contributed by atoms with van der Waals surface area (Å²) in [6.45, 7) is 4.75. The Balaban J connectivity index is 1.96. The zero-order valence-electron chi connectivity index (χ0n) is 17.5. The molecule has 6 heteroatoms. The summed E-state index contributed by atoms with van der Waals surface area (Å²) in [6, 6.07) is 14.3. The molecule has 2 rings (SSSR count). The van der Waals surface area contributed by atoms with Crippen molar-refractivity contribution < 1.29 is 14.2 Å². The molecule has 28 heavy (non-hydrogen) atoms. The van der Waals surface area contributed by atoms with Gasteiger partial charge in [0, 0.05) is 45.4 Å². The van der Waals surface area contributed by atoms with E-state index in [0.29, 0.717) is 19.7 Å². The van der Waals surface area contributed by atoms with Crippen LogP contribution in [0, 0.1) is 0 Å². The number of hydrogen-bond acceptors (Lipinski definition) is 4. The Hall–Kier alpha value is -2.73. The summed E-state index contributed by atoms with van der Waals surface area (Å²) >= 11 is 0. The second-order valence-corrected chi connectivity index (χ2v) is 6.39. The van der Waals surface area contributed by atoms with E-state index in [1.807, 2.05) is 32.2 Å². The number of methoxy groups -OCH3 is 2. The van der Waals surface area contributed by atoms with Gasteiger partial charge in [-0.25, -0.2) is 0 Å². The second-order valence-electron chi connectivity index (χ2n) is 6.39. The first-order valence-electron chi connectivity index (χ1n) is 9.39. The van der Waals surface area contributed by atoms with Crippen LogP contribution in [0.15, 0.2) is 47.5 Å². The highest BCUT2D eigenvalue weighted by Gasteiger charge is 2.11. The van der Waals surface area contributed by atoms with Crippen LogP contribution >= 0.6 is 0 Å². The van der Waals surface area contributed by atoms with Gasteiger partial charge in [-0.15, -0.1) is 0 Å². The number of guanidine groups is 1. The quantitative estimate of drug-likeness (QED) is 0.529. The fourth-order valence-corrected chi connectivity index (χ4v) is 2.85. The maximum atomic E-state index is 5.49. The molecule has 2 aromatic carbocycles. The average molecular weight is 386 g/mol. The summed E-state index contributed by atoms with van der Waals surface area (Å²) in [5, 5.41) is 3.41. The smallest absolute Gasteiger partial charge is 0.193 e. The van der Waals surface area contributed by atoms with Gasteiger partial charge >= 0.3 is 0 Å². The van der Waals surface area contributed by atoms with Gasteiger partial charge in [0.25, 0.3) is 0 Å². The van der Waals surface area contributed by atoms with Crippen molar-refractivity contribution in [3.8, 4) is 11.5 Å². The van der Waals surface area contributed by atoms with Crippen LogP contribution < -0.4 is 14.8 Å². The Morgan fingerprint density at radius 3 is 2.36 bits per heavy atom. The van der Waals surface area contributed by atoms with Crippen LogP contribution in [0.25, 0.3) is 0 Å². The molecule has 0 unspecified atom stereocenters. The monoisotopic (exact) mass is 385 g/mol. The lowest BCUT2D eigenvalue weighted by Gasteiger charge is -2.23. The molecule has 6 nitrogen and oxygen atoms in total. The van der Waals surface area contributed by atoms with Crippen molar-refractivity contribution in [3.05, 3.63) is 59.2 Å². The van der Waals surface area contributed by atoms with E-state index in [2.05, 4.69) is 39.5 Å². The minimum Gasteiger partial charge on any atom is -0.497 e. The van der Waals surface area contributed by atoms with Gasteiger partial charge in [0.2, 0.25) is 0 Å². The molecule has 0 spiro atoms. The van der Waals surface area contributed by atoms with Crippen LogP contribution in [-0.2, 0) is 24.4 Å². The SMILES string of the molecule is CCOCc1ccc(CNC(=NC)N(C)Cc2ccc(OC)cc2OC)cc1. The number of rotatable bonds is 9. The summed E-state index contributed by atoms with van der Waals surface area (Å²) in [5.41, 5.74) is 3.43. The number of hydrogen-bond donors (Lipinski definition) is 1. The fourth-order valence-electron chi connectivity index (χ4n) is 2.85. The average Bonchev–Trinajstić information content (AvgIpc) is 2.73. The lowest BCUT2D eigenvalue weighted by molar-refractivity contribution is 0.134. The first kappa shape index (κ1) is 21.6. The predicted octanol–water partition coefficient (Wildman–Crippen LogP) is 3.45. The molecule has 0 amide bonds. The van der Waals surface area contributed by atoms with E-state index in [9.17, 15) is 0 Å². The van der Waals surface area contributed by atoms with Crippen molar-refractivity contribution in [1.29, 1.82) is 0 Å². The van der Waals surface area contributed by atoms with Gasteiger partial charge < -0.3 is 24.4 Å². The molecule has 0 aromatic heterocycles. The summed E-state index contributed by atoms with van der Waals surface area (Å²) in [4.78, 5) is 6.46. The van der Waals surface area contributed by atoms with Gasteiger partial charge in [-0.3, -0.25) is 4.99 Å². The number of nitrogens with one attached hydrogen (secondary N) is 1. The lowest BCUT2D eigenvalue weighted by Crippen LogP contribution is -2.38. The fraction of sp³-hybridized carbons (Fsp3) is 0.409. The molecule has 0 aliphatic carbocycles. The summed E-state index contributed by atoms with van der Waals surface area (Å²) < 4.78 is 16.2. The van der Waals surface area contributed by atoms with Gasteiger partial charge in [-0.1, -0.05) is 24.3 Å². The highest BCUT2D eigenvalue weighted by molar-refractivity contribution is 5.79. The lowest BCUT2D eigenvalue weighted by atomic mass is 10.1. The van der Waals surface area contributed by atoms with E-state index in [1.54, 1.807) is 21.3 Å².